The summed E-state index contributed by atoms with van der Waals surface area (Å²) in [4.78, 5) is 12.2. The Hall–Kier alpha value is -0.480. The molecule has 0 unspecified atom stereocenters. The lowest BCUT2D eigenvalue weighted by Gasteiger charge is -2.28. The SMILES string of the molecule is CSC1CCC(NC(=O)c2ccc(C)c(Br)c2)CC1. The van der Waals surface area contributed by atoms with Crippen molar-refractivity contribution in [3.05, 3.63) is 33.8 Å². The molecule has 0 aromatic heterocycles. The quantitative estimate of drug-likeness (QED) is 0.894. The molecule has 104 valence electrons. The van der Waals surface area contributed by atoms with Gasteiger partial charge in [0.1, 0.15) is 0 Å². The number of nitrogens with one attached hydrogen (secondary N) is 1. The first-order valence-electron chi connectivity index (χ1n) is 6.70. The van der Waals surface area contributed by atoms with Crippen LogP contribution in [0.25, 0.3) is 0 Å². The van der Waals surface area contributed by atoms with Crippen LogP contribution in [-0.4, -0.2) is 23.5 Å². The van der Waals surface area contributed by atoms with Gasteiger partial charge in [-0.25, -0.2) is 0 Å². The molecule has 1 aromatic carbocycles. The highest BCUT2D eigenvalue weighted by Crippen LogP contribution is 2.27. The summed E-state index contributed by atoms with van der Waals surface area (Å²) in [5.41, 5.74) is 1.89. The standard InChI is InChI=1S/C15H20BrNOS/c1-10-3-4-11(9-14(10)16)15(18)17-12-5-7-13(19-2)8-6-12/h3-4,9,12-13H,5-8H2,1-2H3,(H,17,18). The van der Waals surface area contributed by atoms with E-state index in [0.29, 0.717) is 6.04 Å². The van der Waals surface area contributed by atoms with Crippen molar-refractivity contribution in [3.63, 3.8) is 0 Å². The van der Waals surface area contributed by atoms with Crippen molar-refractivity contribution in [1.29, 1.82) is 0 Å². The molecule has 0 saturated heterocycles. The van der Waals surface area contributed by atoms with E-state index in [9.17, 15) is 4.79 Å². The van der Waals surface area contributed by atoms with Crippen molar-refractivity contribution in [1.82, 2.24) is 5.32 Å². The highest BCUT2D eigenvalue weighted by Gasteiger charge is 2.22. The fourth-order valence-corrected chi connectivity index (χ4v) is 3.57. The molecule has 0 bridgehead atoms. The molecule has 1 N–H and O–H groups in total. The summed E-state index contributed by atoms with van der Waals surface area (Å²) in [6, 6.07) is 6.11. The van der Waals surface area contributed by atoms with Crippen LogP contribution in [-0.2, 0) is 0 Å². The maximum atomic E-state index is 12.2. The molecule has 1 aliphatic carbocycles. The lowest BCUT2D eigenvalue weighted by molar-refractivity contribution is 0.0928. The zero-order valence-electron chi connectivity index (χ0n) is 11.4. The van der Waals surface area contributed by atoms with Gasteiger partial charge in [-0.15, -0.1) is 0 Å². The number of carbonyl (C=O) groups excluding carboxylic acids is 1. The normalized spacial score (nSPS) is 23.1. The van der Waals surface area contributed by atoms with Gasteiger partial charge in [-0.1, -0.05) is 22.0 Å². The monoisotopic (exact) mass is 341 g/mol. The maximum absolute atomic E-state index is 12.2. The zero-order valence-corrected chi connectivity index (χ0v) is 13.8. The molecule has 0 spiro atoms. The van der Waals surface area contributed by atoms with Crippen LogP contribution in [0, 0.1) is 6.92 Å². The van der Waals surface area contributed by atoms with E-state index < -0.39 is 0 Å². The van der Waals surface area contributed by atoms with Crippen LogP contribution in [0.1, 0.15) is 41.6 Å². The summed E-state index contributed by atoms with van der Waals surface area (Å²) in [7, 11) is 0. The number of hydrogen-bond donors (Lipinski definition) is 1. The van der Waals surface area contributed by atoms with Gasteiger partial charge in [0.2, 0.25) is 0 Å². The minimum absolute atomic E-state index is 0.0494. The predicted octanol–water partition coefficient (Wildman–Crippen LogP) is 4.16. The summed E-state index contributed by atoms with van der Waals surface area (Å²) < 4.78 is 0.992. The van der Waals surface area contributed by atoms with E-state index in [1.165, 1.54) is 12.8 Å². The van der Waals surface area contributed by atoms with E-state index in [2.05, 4.69) is 27.5 Å². The van der Waals surface area contributed by atoms with Gasteiger partial charge in [-0.2, -0.15) is 11.8 Å². The molecule has 2 rings (SSSR count). The van der Waals surface area contributed by atoms with Gasteiger partial charge < -0.3 is 5.32 Å². The van der Waals surface area contributed by atoms with Crippen LogP contribution in [0.15, 0.2) is 22.7 Å². The predicted molar refractivity (Wildman–Crippen MR) is 85.9 cm³/mol. The highest BCUT2D eigenvalue weighted by molar-refractivity contribution is 9.10. The number of hydrogen-bond acceptors (Lipinski definition) is 2. The van der Waals surface area contributed by atoms with Crippen molar-refractivity contribution in [2.45, 2.75) is 43.9 Å². The van der Waals surface area contributed by atoms with Crippen molar-refractivity contribution < 1.29 is 4.79 Å². The second kappa shape index (κ2) is 6.80. The van der Waals surface area contributed by atoms with Crippen LogP contribution in [0.5, 0.6) is 0 Å². The lowest BCUT2D eigenvalue weighted by atomic mass is 9.94. The minimum Gasteiger partial charge on any atom is -0.349 e. The summed E-state index contributed by atoms with van der Waals surface area (Å²) in [6.07, 6.45) is 6.80. The fourth-order valence-electron chi connectivity index (χ4n) is 2.45. The Kier molecular flexibility index (Phi) is 5.34. The molecule has 1 fully saturated rings. The van der Waals surface area contributed by atoms with Gasteiger partial charge in [0.15, 0.2) is 0 Å². The Morgan fingerprint density at radius 2 is 2.00 bits per heavy atom. The molecule has 0 aliphatic heterocycles. The summed E-state index contributed by atoms with van der Waals surface area (Å²) in [5.74, 6) is 0.0494. The average Bonchev–Trinajstić information content (AvgIpc) is 2.42. The minimum atomic E-state index is 0.0494. The fraction of sp³-hybridized carbons (Fsp3) is 0.533. The topological polar surface area (TPSA) is 29.1 Å². The molecular weight excluding hydrogens is 322 g/mol. The van der Waals surface area contributed by atoms with Crippen LogP contribution < -0.4 is 5.32 Å². The Morgan fingerprint density at radius 3 is 2.58 bits per heavy atom. The third-order valence-electron chi connectivity index (χ3n) is 3.78. The van der Waals surface area contributed by atoms with E-state index >= 15 is 0 Å². The Balaban J connectivity index is 1.92. The van der Waals surface area contributed by atoms with Crippen molar-refractivity contribution in [2.24, 2.45) is 0 Å². The molecule has 2 nitrogen and oxygen atoms in total. The van der Waals surface area contributed by atoms with Crippen molar-refractivity contribution >= 4 is 33.6 Å². The molecule has 4 heteroatoms. The first-order chi connectivity index (χ1) is 9.10. The van der Waals surface area contributed by atoms with E-state index in [0.717, 1.165) is 33.7 Å². The number of carbonyl (C=O) groups is 1. The molecular formula is C15H20BrNOS. The van der Waals surface area contributed by atoms with Crippen LogP contribution in [0.3, 0.4) is 0 Å². The molecule has 0 heterocycles. The summed E-state index contributed by atoms with van der Waals surface area (Å²) in [5, 5.41) is 3.94. The maximum Gasteiger partial charge on any atom is 0.251 e. The molecule has 19 heavy (non-hydrogen) atoms. The number of aryl methyl sites for hydroxylation is 1. The van der Waals surface area contributed by atoms with Gasteiger partial charge >= 0.3 is 0 Å². The van der Waals surface area contributed by atoms with Crippen LogP contribution in [0.2, 0.25) is 0 Å². The van der Waals surface area contributed by atoms with Crippen molar-refractivity contribution in [2.75, 3.05) is 6.26 Å². The highest BCUT2D eigenvalue weighted by atomic mass is 79.9. The third kappa shape index (κ3) is 3.99. The van der Waals surface area contributed by atoms with E-state index in [-0.39, 0.29) is 5.91 Å². The lowest BCUT2D eigenvalue weighted by Crippen LogP contribution is -2.38. The number of rotatable bonds is 3. The second-order valence-corrected chi connectivity index (χ2v) is 7.14. The molecule has 1 saturated carbocycles. The number of benzene rings is 1. The van der Waals surface area contributed by atoms with E-state index in [1.807, 2.05) is 36.9 Å². The summed E-state index contributed by atoms with van der Waals surface area (Å²) in [6.45, 7) is 2.02. The van der Waals surface area contributed by atoms with Gasteiger partial charge in [-0.05, 0) is 56.6 Å². The third-order valence-corrected chi connectivity index (χ3v) is 5.77. The van der Waals surface area contributed by atoms with Gasteiger partial charge in [0.25, 0.3) is 5.91 Å². The van der Waals surface area contributed by atoms with E-state index in [1.54, 1.807) is 0 Å². The number of amides is 1. The van der Waals surface area contributed by atoms with Gasteiger partial charge in [-0.3, -0.25) is 4.79 Å². The summed E-state index contributed by atoms with van der Waals surface area (Å²) >= 11 is 5.42. The van der Waals surface area contributed by atoms with Gasteiger partial charge in [0.05, 0.1) is 0 Å². The van der Waals surface area contributed by atoms with Crippen LogP contribution >= 0.6 is 27.7 Å². The molecule has 0 atom stereocenters. The first-order valence-corrected chi connectivity index (χ1v) is 8.78. The molecule has 1 amide bonds. The largest absolute Gasteiger partial charge is 0.349 e. The Bertz CT molecular complexity index is 455. The smallest absolute Gasteiger partial charge is 0.251 e. The van der Waals surface area contributed by atoms with Crippen LogP contribution in [0.4, 0.5) is 0 Å². The first kappa shape index (κ1) is 14.9. The van der Waals surface area contributed by atoms with Crippen molar-refractivity contribution in [3.8, 4) is 0 Å². The molecule has 0 radical (unpaired) electrons. The Morgan fingerprint density at radius 1 is 1.32 bits per heavy atom. The molecule has 1 aromatic rings. The number of halogens is 1. The zero-order chi connectivity index (χ0) is 13.8. The van der Waals surface area contributed by atoms with E-state index in [4.69, 9.17) is 0 Å². The molecule has 1 aliphatic rings. The Labute approximate surface area is 127 Å². The van der Waals surface area contributed by atoms with Gasteiger partial charge in [0, 0.05) is 21.3 Å². The number of thioether (sulfide) groups is 1. The second-order valence-electron chi connectivity index (χ2n) is 5.15. The average molecular weight is 342 g/mol.